The first-order valence-electron chi connectivity index (χ1n) is 9.34. The number of anilines is 1. The minimum absolute atomic E-state index is 0.118. The van der Waals surface area contributed by atoms with Crippen LogP contribution in [0.1, 0.15) is 17.5 Å². The molecular formula is C21H21N5O3. The van der Waals surface area contributed by atoms with Gasteiger partial charge in [-0.1, -0.05) is 18.2 Å². The van der Waals surface area contributed by atoms with Crippen LogP contribution in [0.25, 0.3) is 21.9 Å². The van der Waals surface area contributed by atoms with Crippen LogP contribution in [0.3, 0.4) is 0 Å². The number of carbonyl (C=O) groups excluding carboxylic acids is 2. The van der Waals surface area contributed by atoms with Crippen LogP contribution >= 0.6 is 0 Å². The van der Waals surface area contributed by atoms with Gasteiger partial charge in [0.25, 0.3) is 0 Å². The smallest absolute Gasteiger partial charge is 0.323 e. The van der Waals surface area contributed by atoms with Gasteiger partial charge in [0.05, 0.1) is 17.6 Å². The summed E-state index contributed by atoms with van der Waals surface area (Å²) in [5.74, 6) is -0.522. The molecule has 0 atom stereocenters. The first-order chi connectivity index (χ1) is 14.0. The van der Waals surface area contributed by atoms with Crippen molar-refractivity contribution in [2.75, 3.05) is 11.9 Å². The third-order valence-corrected chi connectivity index (χ3v) is 4.88. The number of amides is 2. The maximum Gasteiger partial charge on any atom is 0.323 e. The molecule has 0 fully saturated rings. The van der Waals surface area contributed by atoms with E-state index >= 15 is 0 Å². The van der Waals surface area contributed by atoms with Crippen LogP contribution in [-0.2, 0) is 16.0 Å². The van der Waals surface area contributed by atoms with Crippen molar-refractivity contribution >= 4 is 39.4 Å². The number of hydrogen-bond donors (Lipinski definition) is 5. The topological polar surface area (TPSA) is 123 Å². The lowest BCUT2D eigenvalue weighted by molar-refractivity contribution is -0.124. The van der Waals surface area contributed by atoms with Gasteiger partial charge < -0.3 is 25.6 Å². The maximum absolute atomic E-state index is 12.1. The van der Waals surface area contributed by atoms with Crippen molar-refractivity contribution < 1.29 is 9.59 Å². The van der Waals surface area contributed by atoms with Gasteiger partial charge in [0.15, 0.2) is 0 Å². The second-order valence-corrected chi connectivity index (χ2v) is 6.98. The summed E-state index contributed by atoms with van der Waals surface area (Å²) >= 11 is 0. The molecule has 2 aromatic heterocycles. The summed E-state index contributed by atoms with van der Waals surface area (Å²) in [4.78, 5) is 44.0. The molecule has 0 spiro atoms. The highest BCUT2D eigenvalue weighted by atomic mass is 16.2. The van der Waals surface area contributed by atoms with Gasteiger partial charge in [-0.25, -0.2) is 4.79 Å². The molecule has 0 radical (unpaired) electrons. The second-order valence-electron chi connectivity index (χ2n) is 6.98. The molecule has 0 bridgehead atoms. The van der Waals surface area contributed by atoms with Crippen LogP contribution < -0.4 is 16.3 Å². The van der Waals surface area contributed by atoms with Crippen molar-refractivity contribution in [2.45, 2.75) is 19.8 Å². The van der Waals surface area contributed by atoms with Gasteiger partial charge in [0.2, 0.25) is 11.8 Å². The van der Waals surface area contributed by atoms with Crippen LogP contribution in [0.4, 0.5) is 5.69 Å². The Morgan fingerprint density at radius 3 is 2.72 bits per heavy atom. The summed E-state index contributed by atoms with van der Waals surface area (Å²) < 4.78 is 0. The first-order valence-corrected chi connectivity index (χ1v) is 9.34. The Hall–Kier alpha value is -3.81. The highest BCUT2D eigenvalue weighted by molar-refractivity contribution is 5.96. The van der Waals surface area contributed by atoms with Crippen molar-refractivity contribution in [3.05, 3.63) is 64.2 Å². The summed E-state index contributed by atoms with van der Waals surface area (Å²) in [6.07, 6.45) is 2.82. The van der Waals surface area contributed by atoms with E-state index in [9.17, 15) is 14.4 Å². The van der Waals surface area contributed by atoms with Crippen LogP contribution in [0.15, 0.2) is 47.4 Å². The summed E-state index contributed by atoms with van der Waals surface area (Å²) in [6.45, 7) is 1.92. The van der Waals surface area contributed by atoms with Gasteiger partial charge in [-0.3, -0.25) is 9.59 Å². The average molecular weight is 391 g/mol. The monoisotopic (exact) mass is 391 g/mol. The fraction of sp³-hybridized carbons (Fsp3) is 0.190. The van der Waals surface area contributed by atoms with Gasteiger partial charge in [-0.2, -0.15) is 0 Å². The van der Waals surface area contributed by atoms with Crippen LogP contribution in [0, 0.1) is 6.92 Å². The highest BCUT2D eigenvalue weighted by Gasteiger charge is 2.10. The van der Waals surface area contributed by atoms with Crippen molar-refractivity contribution in [3.63, 3.8) is 0 Å². The molecular weight excluding hydrogens is 370 g/mol. The Balaban J connectivity index is 1.28. The standard InChI is InChI=1S/C21H21N5O3/c1-12-3-2-4-15-13(10-23-20(12)15)5-8-18(27)22-11-19(28)24-14-6-7-16-17(9-14)26-21(29)25-16/h2-4,6-7,9-10,23H,5,8,11H2,1H3,(H,22,27)(H,24,28)(H2,25,26,29). The number of para-hydroxylation sites is 1. The zero-order valence-corrected chi connectivity index (χ0v) is 15.9. The number of H-pyrrole nitrogens is 3. The lowest BCUT2D eigenvalue weighted by Gasteiger charge is -2.07. The van der Waals surface area contributed by atoms with Gasteiger partial charge in [-0.05, 0) is 42.7 Å². The van der Waals surface area contributed by atoms with E-state index < -0.39 is 0 Å². The van der Waals surface area contributed by atoms with E-state index in [-0.39, 0.29) is 24.0 Å². The number of aryl methyl sites for hydroxylation is 2. The zero-order chi connectivity index (χ0) is 20.4. The number of hydrogen-bond acceptors (Lipinski definition) is 3. The number of benzene rings is 2. The van der Waals surface area contributed by atoms with E-state index in [4.69, 9.17) is 0 Å². The minimum Gasteiger partial charge on any atom is -0.361 e. The number of aromatic amines is 3. The number of rotatable bonds is 6. The van der Waals surface area contributed by atoms with Gasteiger partial charge >= 0.3 is 5.69 Å². The Kier molecular flexibility index (Phi) is 4.90. The molecule has 148 valence electrons. The molecule has 8 heteroatoms. The molecule has 0 aliphatic heterocycles. The van der Waals surface area contributed by atoms with E-state index in [1.807, 2.05) is 31.3 Å². The molecule has 0 aliphatic carbocycles. The van der Waals surface area contributed by atoms with Gasteiger partial charge in [0, 0.05) is 29.2 Å². The van der Waals surface area contributed by atoms with Crippen LogP contribution in [0.5, 0.6) is 0 Å². The molecule has 8 nitrogen and oxygen atoms in total. The van der Waals surface area contributed by atoms with Crippen molar-refractivity contribution in [3.8, 4) is 0 Å². The lowest BCUT2D eigenvalue weighted by Crippen LogP contribution is -2.32. The number of carbonyl (C=O) groups is 2. The third kappa shape index (κ3) is 4.06. The zero-order valence-electron chi connectivity index (χ0n) is 15.9. The SMILES string of the molecule is Cc1cccc2c(CCC(=O)NCC(=O)Nc3ccc4[nH]c(=O)[nH]c4c3)c[nH]c12. The molecule has 0 aliphatic rings. The number of aromatic nitrogens is 3. The molecule has 2 aromatic carbocycles. The molecule has 5 N–H and O–H groups in total. The summed E-state index contributed by atoms with van der Waals surface area (Å²) in [5.41, 5.74) is 4.83. The number of imidazole rings is 1. The molecule has 2 amide bonds. The predicted molar refractivity (Wildman–Crippen MR) is 112 cm³/mol. The van der Waals surface area contributed by atoms with Crippen molar-refractivity contribution in [2.24, 2.45) is 0 Å². The van der Waals surface area contributed by atoms with E-state index in [2.05, 4.69) is 25.6 Å². The Bertz CT molecular complexity index is 1260. The molecule has 29 heavy (non-hydrogen) atoms. The molecule has 4 aromatic rings. The van der Waals surface area contributed by atoms with Crippen molar-refractivity contribution in [1.29, 1.82) is 0 Å². The van der Waals surface area contributed by atoms with E-state index in [0.717, 1.165) is 22.0 Å². The molecule has 2 heterocycles. The van der Waals surface area contributed by atoms with E-state index in [1.165, 1.54) is 0 Å². The quantitative estimate of drug-likeness (QED) is 0.347. The first kappa shape index (κ1) is 18.5. The fourth-order valence-electron chi connectivity index (χ4n) is 3.40. The number of nitrogens with one attached hydrogen (secondary N) is 5. The lowest BCUT2D eigenvalue weighted by atomic mass is 10.1. The second kappa shape index (κ2) is 7.67. The van der Waals surface area contributed by atoms with Crippen molar-refractivity contribution in [1.82, 2.24) is 20.3 Å². The van der Waals surface area contributed by atoms with E-state index in [0.29, 0.717) is 29.6 Å². The Labute approximate surface area is 165 Å². The van der Waals surface area contributed by atoms with Crippen LogP contribution in [0.2, 0.25) is 0 Å². The third-order valence-electron chi connectivity index (χ3n) is 4.88. The molecule has 0 saturated carbocycles. The minimum atomic E-state index is -0.335. The van der Waals surface area contributed by atoms with E-state index in [1.54, 1.807) is 18.2 Å². The van der Waals surface area contributed by atoms with Crippen LogP contribution in [-0.4, -0.2) is 33.3 Å². The number of fused-ring (bicyclic) bond motifs is 2. The maximum atomic E-state index is 12.1. The fourth-order valence-corrected chi connectivity index (χ4v) is 3.40. The Morgan fingerprint density at radius 2 is 1.86 bits per heavy atom. The molecule has 4 rings (SSSR count). The highest BCUT2D eigenvalue weighted by Crippen LogP contribution is 2.22. The molecule has 0 unspecified atom stereocenters. The summed E-state index contributed by atoms with van der Waals surface area (Å²) in [7, 11) is 0. The normalized spacial score (nSPS) is 11.1. The average Bonchev–Trinajstić information content (AvgIpc) is 3.27. The summed E-state index contributed by atoms with van der Waals surface area (Å²) in [5, 5.41) is 6.46. The Morgan fingerprint density at radius 1 is 1.03 bits per heavy atom. The summed E-state index contributed by atoms with van der Waals surface area (Å²) in [6, 6.07) is 11.1. The largest absolute Gasteiger partial charge is 0.361 e. The van der Waals surface area contributed by atoms with Gasteiger partial charge in [-0.15, -0.1) is 0 Å². The predicted octanol–water partition coefficient (Wildman–Crippen LogP) is 2.33. The van der Waals surface area contributed by atoms with Gasteiger partial charge in [0.1, 0.15) is 0 Å². The molecule has 0 saturated heterocycles.